The molecule has 1 N–H and O–H groups in total. The van der Waals surface area contributed by atoms with Crippen molar-refractivity contribution < 1.29 is 9.47 Å². The van der Waals surface area contributed by atoms with Crippen molar-refractivity contribution >= 4 is 11.3 Å². The lowest BCUT2D eigenvalue weighted by molar-refractivity contribution is 0.0722. The molecular weight excluding hydrogens is 272 g/mol. The van der Waals surface area contributed by atoms with Crippen LogP contribution >= 0.6 is 11.3 Å². The number of rotatable bonds is 12. The van der Waals surface area contributed by atoms with E-state index in [1.807, 2.05) is 11.3 Å². The van der Waals surface area contributed by atoms with Gasteiger partial charge in [-0.3, -0.25) is 0 Å². The van der Waals surface area contributed by atoms with E-state index in [1.54, 1.807) is 7.11 Å². The van der Waals surface area contributed by atoms with Crippen molar-refractivity contribution in [1.29, 1.82) is 0 Å². The van der Waals surface area contributed by atoms with Gasteiger partial charge in [-0.05, 0) is 19.4 Å². The fourth-order valence-electron chi connectivity index (χ4n) is 1.90. The fourth-order valence-corrected chi connectivity index (χ4v) is 2.96. The molecule has 4 nitrogen and oxygen atoms in total. The molecule has 0 amide bonds. The average molecular weight is 300 g/mol. The van der Waals surface area contributed by atoms with E-state index in [1.165, 1.54) is 22.0 Å². The maximum Gasteiger partial charge on any atom is 0.0954 e. The highest BCUT2D eigenvalue weighted by Crippen LogP contribution is 2.20. The van der Waals surface area contributed by atoms with Gasteiger partial charge in [0.15, 0.2) is 0 Å². The molecule has 0 aromatic carbocycles. The Morgan fingerprint density at radius 2 is 1.95 bits per heavy atom. The minimum atomic E-state index is 0.658. The van der Waals surface area contributed by atoms with E-state index in [0.717, 1.165) is 39.0 Å². The van der Waals surface area contributed by atoms with Gasteiger partial charge < -0.3 is 14.8 Å². The molecule has 0 aliphatic rings. The van der Waals surface area contributed by atoms with Gasteiger partial charge in [0.25, 0.3) is 0 Å². The number of nitrogens with zero attached hydrogens (tertiary/aromatic N) is 1. The molecule has 0 saturated heterocycles. The Labute approximate surface area is 126 Å². The van der Waals surface area contributed by atoms with E-state index in [2.05, 4.69) is 19.2 Å². The standard InChI is InChI=1S/C15H28N2O2S/c1-4-6-13-14(12-16-8-5-2)20-15(17-13)7-9-19-11-10-18-3/h16H,4-12H2,1-3H3. The highest BCUT2D eigenvalue weighted by atomic mass is 32.1. The van der Waals surface area contributed by atoms with Crippen LogP contribution in [0.2, 0.25) is 0 Å². The van der Waals surface area contributed by atoms with Crippen LogP contribution in [-0.4, -0.2) is 38.5 Å². The van der Waals surface area contributed by atoms with Crippen molar-refractivity contribution in [3.8, 4) is 0 Å². The molecule has 1 heterocycles. The Balaban J connectivity index is 2.43. The lowest BCUT2D eigenvalue weighted by atomic mass is 10.2. The summed E-state index contributed by atoms with van der Waals surface area (Å²) in [5.74, 6) is 0. The number of nitrogens with one attached hydrogen (secondary N) is 1. The first-order chi connectivity index (χ1) is 9.81. The Morgan fingerprint density at radius 3 is 2.65 bits per heavy atom. The van der Waals surface area contributed by atoms with Crippen molar-refractivity contribution in [3.05, 3.63) is 15.6 Å². The van der Waals surface area contributed by atoms with Crippen LogP contribution in [0, 0.1) is 0 Å². The first-order valence-corrected chi connectivity index (χ1v) is 8.38. The molecule has 0 spiro atoms. The van der Waals surface area contributed by atoms with Gasteiger partial charge in [0.2, 0.25) is 0 Å². The molecule has 0 saturated carbocycles. The molecule has 1 aromatic rings. The monoisotopic (exact) mass is 300 g/mol. The molecule has 0 atom stereocenters. The van der Waals surface area contributed by atoms with Crippen molar-refractivity contribution in [2.75, 3.05) is 33.5 Å². The van der Waals surface area contributed by atoms with Crippen LogP contribution in [0.25, 0.3) is 0 Å². The molecule has 0 radical (unpaired) electrons. The fraction of sp³-hybridized carbons (Fsp3) is 0.800. The van der Waals surface area contributed by atoms with E-state index in [9.17, 15) is 0 Å². The third-order valence-corrected chi connectivity index (χ3v) is 4.07. The van der Waals surface area contributed by atoms with Gasteiger partial charge >= 0.3 is 0 Å². The van der Waals surface area contributed by atoms with Gasteiger partial charge in [-0.2, -0.15) is 0 Å². The molecule has 1 rings (SSSR count). The zero-order valence-electron chi connectivity index (χ0n) is 13.0. The van der Waals surface area contributed by atoms with Crippen LogP contribution in [0.15, 0.2) is 0 Å². The van der Waals surface area contributed by atoms with Crippen LogP contribution < -0.4 is 5.32 Å². The summed E-state index contributed by atoms with van der Waals surface area (Å²) in [5, 5.41) is 4.66. The summed E-state index contributed by atoms with van der Waals surface area (Å²) >= 11 is 1.83. The Kier molecular flexibility index (Phi) is 9.83. The Hall–Kier alpha value is -0.490. The van der Waals surface area contributed by atoms with Crippen LogP contribution in [0.5, 0.6) is 0 Å². The quantitative estimate of drug-likeness (QED) is 0.603. The lowest BCUT2D eigenvalue weighted by Crippen LogP contribution is -2.13. The topological polar surface area (TPSA) is 43.4 Å². The molecule has 0 aliphatic carbocycles. The molecule has 1 aromatic heterocycles. The smallest absolute Gasteiger partial charge is 0.0954 e. The van der Waals surface area contributed by atoms with E-state index in [4.69, 9.17) is 14.5 Å². The summed E-state index contributed by atoms with van der Waals surface area (Å²) in [6, 6.07) is 0. The van der Waals surface area contributed by atoms with Gasteiger partial charge in [-0.15, -0.1) is 11.3 Å². The number of aromatic nitrogens is 1. The average Bonchev–Trinajstić information content (AvgIpc) is 2.82. The maximum absolute atomic E-state index is 5.51. The van der Waals surface area contributed by atoms with Gasteiger partial charge in [0.1, 0.15) is 0 Å². The number of thiazole rings is 1. The second-order valence-electron chi connectivity index (χ2n) is 4.76. The normalized spacial score (nSPS) is 11.2. The molecule has 116 valence electrons. The third kappa shape index (κ3) is 6.79. The van der Waals surface area contributed by atoms with Gasteiger partial charge in [-0.1, -0.05) is 20.3 Å². The second-order valence-corrected chi connectivity index (χ2v) is 5.93. The molecule has 5 heteroatoms. The number of hydrogen-bond acceptors (Lipinski definition) is 5. The summed E-state index contributed by atoms with van der Waals surface area (Å²) in [6.45, 7) is 8.46. The van der Waals surface area contributed by atoms with Crippen molar-refractivity contribution in [2.24, 2.45) is 0 Å². The third-order valence-electron chi connectivity index (χ3n) is 2.91. The highest BCUT2D eigenvalue weighted by Gasteiger charge is 2.10. The van der Waals surface area contributed by atoms with Crippen LogP contribution in [0.1, 0.15) is 42.3 Å². The zero-order chi connectivity index (χ0) is 14.6. The van der Waals surface area contributed by atoms with Gasteiger partial charge in [0, 0.05) is 25.0 Å². The number of aryl methyl sites for hydroxylation is 1. The molecule has 0 bridgehead atoms. The predicted molar refractivity (Wildman–Crippen MR) is 84.5 cm³/mol. The molecule has 0 fully saturated rings. The molecule has 20 heavy (non-hydrogen) atoms. The Bertz CT molecular complexity index is 356. The highest BCUT2D eigenvalue weighted by molar-refractivity contribution is 7.11. The largest absolute Gasteiger partial charge is 0.382 e. The first-order valence-electron chi connectivity index (χ1n) is 7.56. The summed E-state index contributed by atoms with van der Waals surface area (Å²) in [7, 11) is 1.69. The number of methoxy groups -OCH3 is 1. The van der Waals surface area contributed by atoms with Crippen molar-refractivity contribution in [3.63, 3.8) is 0 Å². The summed E-state index contributed by atoms with van der Waals surface area (Å²) in [6.07, 6.45) is 4.29. The minimum absolute atomic E-state index is 0.658. The molecule has 0 aliphatic heterocycles. The van der Waals surface area contributed by atoms with E-state index < -0.39 is 0 Å². The van der Waals surface area contributed by atoms with Crippen LogP contribution in [-0.2, 0) is 28.9 Å². The lowest BCUT2D eigenvalue weighted by Gasteiger charge is -2.02. The molecule has 0 unspecified atom stereocenters. The summed E-state index contributed by atoms with van der Waals surface area (Å²) in [5.41, 5.74) is 1.27. The first kappa shape index (κ1) is 17.6. The van der Waals surface area contributed by atoms with Crippen LogP contribution in [0.4, 0.5) is 0 Å². The number of ether oxygens (including phenoxy) is 2. The van der Waals surface area contributed by atoms with Gasteiger partial charge in [0.05, 0.1) is 30.5 Å². The second kappa shape index (κ2) is 11.2. The van der Waals surface area contributed by atoms with Crippen LogP contribution in [0.3, 0.4) is 0 Å². The summed E-state index contributed by atoms with van der Waals surface area (Å²) < 4.78 is 10.5. The van der Waals surface area contributed by atoms with Crippen molar-refractivity contribution in [2.45, 2.75) is 46.1 Å². The maximum atomic E-state index is 5.51. The SMILES string of the molecule is CCCNCc1sc(CCOCCOC)nc1CCC. The van der Waals surface area contributed by atoms with E-state index in [-0.39, 0.29) is 0 Å². The summed E-state index contributed by atoms with van der Waals surface area (Å²) in [4.78, 5) is 6.16. The van der Waals surface area contributed by atoms with E-state index >= 15 is 0 Å². The molecular formula is C15H28N2O2S. The zero-order valence-corrected chi connectivity index (χ0v) is 13.9. The predicted octanol–water partition coefficient (Wildman–Crippen LogP) is 2.80. The van der Waals surface area contributed by atoms with Gasteiger partial charge in [-0.25, -0.2) is 4.98 Å². The van der Waals surface area contributed by atoms with E-state index in [0.29, 0.717) is 13.2 Å². The number of hydrogen-bond donors (Lipinski definition) is 1. The minimum Gasteiger partial charge on any atom is -0.382 e. The van der Waals surface area contributed by atoms with Crippen molar-refractivity contribution in [1.82, 2.24) is 10.3 Å². The Morgan fingerprint density at radius 1 is 1.10 bits per heavy atom.